The number of nitrogens with zero attached hydrogens (tertiary/aromatic N) is 1. The molecule has 0 aliphatic heterocycles. The van der Waals surface area contributed by atoms with E-state index in [1.165, 1.54) is 16.5 Å². The van der Waals surface area contributed by atoms with Crippen molar-refractivity contribution in [2.45, 2.75) is 0 Å². The first-order chi connectivity index (χ1) is 8.88. The largest absolute Gasteiger partial charge is 0.256 e. The molecule has 0 aliphatic rings. The summed E-state index contributed by atoms with van der Waals surface area (Å²) >= 11 is 0. The third-order valence-electron chi connectivity index (χ3n) is 3.10. The Kier molecular flexibility index (Phi) is 2.66. The van der Waals surface area contributed by atoms with Gasteiger partial charge in [0.15, 0.2) is 0 Å². The highest BCUT2D eigenvalue weighted by molar-refractivity contribution is 5.94. The van der Waals surface area contributed by atoms with E-state index in [4.69, 9.17) is 0 Å². The molecule has 0 saturated carbocycles. The van der Waals surface area contributed by atoms with E-state index in [9.17, 15) is 0 Å². The minimum atomic E-state index is 1.03. The van der Waals surface area contributed by atoms with Crippen molar-refractivity contribution in [2.75, 3.05) is 0 Å². The van der Waals surface area contributed by atoms with E-state index in [-0.39, 0.29) is 0 Å². The van der Waals surface area contributed by atoms with Crippen LogP contribution in [0.25, 0.3) is 28.1 Å². The average molecular weight is 231 g/mol. The minimum Gasteiger partial charge on any atom is -0.256 e. The number of hydrogen-bond donors (Lipinski definition) is 0. The topological polar surface area (TPSA) is 12.9 Å². The minimum absolute atomic E-state index is 1.03. The molecule has 1 heterocycles. The highest BCUT2D eigenvalue weighted by Crippen LogP contribution is 2.27. The lowest BCUT2D eigenvalue weighted by Crippen LogP contribution is -1.83. The smallest absolute Gasteiger partial charge is 0.0708 e. The maximum atomic E-state index is 4.38. The Hall–Kier alpha value is -2.41. The number of aromatic nitrogens is 1. The summed E-state index contributed by atoms with van der Waals surface area (Å²) in [6.07, 6.45) is 3.68. The molecule has 3 aromatic rings. The monoisotopic (exact) mass is 231 g/mol. The van der Waals surface area contributed by atoms with Gasteiger partial charge in [0.1, 0.15) is 0 Å². The number of benzene rings is 2. The molecule has 18 heavy (non-hydrogen) atoms. The maximum absolute atomic E-state index is 4.38. The fraction of sp³-hybridized carbons (Fsp3) is 0. The van der Waals surface area contributed by atoms with Gasteiger partial charge in [-0.15, -0.1) is 0 Å². The van der Waals surface area contributed by atoms with Crippen molar-refractivity contribution in [1.82, 2.24) is 4.98 Å². The molecule has 0 amide bonds. The van der Waals surface area contributed by atoms with E-state index in [1.807, 2.05) is 30.5 Å². The second kappa shape index (κ2) is 4.46. The Labute approximate surface area is 106 Å². The lowest BCUT2D eigenvalue weighted by atomic mass is 9.99. The summed E-state index contributed by atoms with van der Waals surface area (Å²) in [6, 6.07) is 18.7. The summed E-state index contributed by atoms with van der Waals surface area (Å²) in [5.74, 6) is 0. The molecular formula is C17H13N. The standard InChI is InChI=1S/C17H13N/c1-2-13-8-10-14(11-9-13)15-5-3-7-17-16(15)6-4-12-18-17/h2-12H,1H2. The summed E-state index contributed by atoms with van der Waals surface area (Å²) in [5, 5.41) is 1.19. The Morgan fingerprint density at radius 1 is 0.889 bits per heavy atom. The molecule has 0 atom stereocenters. The predicted octanol–water partition coefficient (Wildman–Crippen LogP) is 4.54. The van der Waals surface area contributed by atoms with E-state index in [2.05, 4.69) is 48.0 Å². The molecule has 0 aliphatic carbocycles. The highest BCUT2D eigenvalue weighted by atomic mass is 14.6. The lowest BCUT2D eigenvalue weighted by molar-refractivity contribution is 1.41. The molecule has 0 saturated heterocycles. The summed E-state index contributed by atoms with van der Waals surface area (Å²) in [4.78, 5) is 4.38. The molecule has 0 radical (unpaired) electrons. The fourth-order valence-electron chi connectivity index (χ4n) is 2.15. The van der Waals surface area contributed by atoms with Crippen LogP contribution in [-0.4, -0.2) is 4.98 Å². The molecule has 0 bridgehead atoms. The third-order valence-corrected chi connectivity index (χ3v) is 3.10. The first-order valence-electron chi connectivity index (χ1n) is 5.95. The number of hydrogen-bond acceptors (Lipinski definition) is 1. The van der Waals surface area contributed by atoms with E-state index < -0.39 is 0 Å². The summed E-state index contributed by atoms with van der Waals surface area (Å²) < 4.78 is 0. The Morgan fingerprint density at radius 3 is 2.50 bits per heavy atom. The van der Waals surface area contributed by atoms with Crippen LogP contribution >= 0.6 is 0 Å². The molecule has 86 valence electrons. The Balaban J connectivity index is 2.21. The Morgan fingerprint density at radius 2 is 1.72 bits per heavy atom. The summed E-state index contributed by atoms with van der Waals surface area (Å²) in [5.41, 5.74) is 4.59. The van der Waals surface area contributed by atoms with Gasteiger partial charge in [-0.3, -0.25) is 4.98 Å². The molecule has 3 rings (SSSR count). The third kappa shape index (κ3) is 1.80. The van der Waals surface area contributed by atoms with Crippen molar-refractivity contribution in [3.63, 3.8) is 0 Å². The van der Waals surface area contributed by atoms with Gasteiger partial charge in [-0.2, -0.15) is 0 Å². The van der Waals surface area contributed by atoms with Gasteiger partial charge in [-0.25, -0.2) is 0 Å². The van der Waals surface area contributed by atoms with Gasteiger partial charge < -0.3 is 0 Å². The van der Waals surface area contributed by atoms with Crippen LogP contribution in [0.2, 0.25) is 0 Å². The number of fused-ring (bicyclic) bond motifs is 1. The zero-order valence-corrected chi connectivity index (χ0v) is 10.0. The van der Waals surface area contributed by atoms with Gasteiger partial charge in [0, 0.05) is 11.6 Å². The van der Waals surface area contributed by atoms with Crippen LogP contribution in [0.4, 0.5) is 0 Å². The predicted molar refractivity (Wildman–Crippen MR) is 77.3 cm³/mol. The molecule has 2 aromatic carbocycles. The second-order valence-corrected chi connectivity index (χ2v) is 4.20. The van der Waals surface area contributed by atoms with Crippen LogP contribution in [0.15, 0.2) is 67.4 Å². The van der Waals surface area contributed by atoms with Crippen molar-refractivity contribution >= 4 is 17.0 Å². The van der Waals surface area contributed by atoms with Crippen molar-refractivity contribution in [2.24, 2.45) is 0 Å². The van der Waals surface area contributed by atoms with Gasteiger partial charge in [0.25, 0.3) is 0 Å². The quantitative estimate of drug-likeness (QED) is 0.630. The van der Waals surface area contributed by atoms with Gasteiger partial charge in [-0.05, 0) is 28.8 Å². The first-order valence-corrected chi connectivity index (χ1v) is 5.95. The SMILES string of the molecule is C=Cc1ccc(-c2cccc3ncccc23)cc1. The van der Waals surface area contributed by atoms with E-state index in [0.717, 1.165) is 11.1 Å². The van der Waals surface area contributed by atoms with E-state index in [1.54, 1.807) is 0 Å². The first kappa shape index (κ1) is 10.7. The summed E-state index contributed by atoms with van der Waals surface area (Å²) in [6.45, 7) is 3.77. The Bertz CT molecular complexity index is 691. The molecule has 0 spiro atoms. The average Bonchev–Trinajstić information content (AvgIpc) is 2.47. The molecule has 1 nitrogen and oxygen atoms in total. The molecular weight excluding hydrogens is 218 g/mol. The van der Waals surface area contributed by atoms with Crippen molar-refractivity contribution in [1.29, 1.82) is 0 Å². The fourth-order valence-corrected chi connectivity index (χ4v) is 2.15. The molecule has 0 unspecified atom stereocenters. The maximum Gasteiger partial charge on any atom is 0.0708 e. The van der Waals surface area contributed by atoms with Gasteiger partial charge in [0.05, 0.1) is 5.52 Å². The molecule has 0 N–H and O–H groups in total. The van der Waals surface area contributed by atoms with Crippen molar-refractivity contribution in [3.8, 4) is 11.1 Å². The van der Waals surface area contributed by atoms with E-state index in [0.29, 0.717) is 0 Å². The summed E-state index contributed by atoms with van der Waals surface area (Å²) in [7, 11) is 0. The number of rotatable bonds is 2. The molecule has 1 aromatic heterocycles. The zero-order valence-electron chi connectivity index (χ0n) is 10.0. The normalized spacial score (nSPS) is 10.4. The molecule has 1 heteroatoms. The van der Waals surface area contributed by atoms with Crippen molar-refractivity contribution < 1.29 is 0 Å². The number of pyridine rings is 1. The van der Waals surface area contributed by atoms with Crippen LogP contribution in [-0.2, 0) is 0 Å². The zero-order chi connectivity index (χ0) is 12.4. The van der Waals surface area contributed by atoms with Crippen LogP contribution in [0.3, 0.4) is 0 Å². The van der Waals surface area contributed by atoms with Gasteiger partial charge in [0.2, 0.25) is 0 Å². The molecule has 0 fully saturated rings. The van der Waals surface area contributed by atoms with Crippen LogP contribution in [0, 0.1) is 0 Å². The highest BCUT2D eigenvalue weighted by Gasteiger charge is 2.03. The lowest BCUT2D eigenvalue weighted by Gasteiger charge is -2.06. The van der Waals surface area contributed by atoms with Gasteiger partial charge in [-0.1, -0.05) is 55.1 Å². The van der Waals surface area contributed by atoms with Crippen LogP contribution in [0.5, 0.6) is 0 Å². The second-order valence-electron chi connectivity index (χ2n) is 4.20. The van der Waals surface area contributed by atoms with Gasteiger partial charge >= 0.3 is 0 Å². The van der Waals surface area contributed by atoms with Crippen LogP contribution in [0.1, 0.15) is 5.56 Å². The van der Waals surface area contributed by atoms with Crippen LogP contribution < -0.4 is 0 Å². The van der Waals surface area contributed by atoms with Crippen molar-refractivity contribution in [3.05, 3.63) is 72.9 Å². The van der Waals surface area contributed by atoms with E-state index >= 15 is 0 Å².